The van der Waals surface area contributed by atoms with Gasteiger partial charge in [-0.3, -0.25) is 4.57 Å². The Labute approximate surface area is 175 Å². The summed E-state index contributed by atoms with van der Waals surface area (Å²) >= 11 is 5.04. The van der Waals surface area contributed by atoms with E-state index < -0.39 is 0 Å². The van der Waals surface area contributed by atoms with Crippen molar-refractivity contribution in [2.75, 3.05) is 5.75 Å². The summed E-state index contributed by atoms with van der Waals surface area (Å²) < 4.78 is 3.08. The van der Waals surface area contributed by atoms with Gasteiger partial charge in [0.05, 0.1) is 6.07 Å². The summed E-state index contributed by atoms with van der Waals surface area (Å²) in [5, 5.41) is 19.8. The molecule has 0 saturated heterocycles. The topological polar surface area (TPSA) is 70.3 Å². The third-order valence-corrected chi connectivity index (χ3v) is 6.19. The zero-order chi connectivity index (χ0) is 19.7. The minimum absolute atomic E-state index is 0.473. The van der Waals surface area contributed by atoms with Crippen molar-refractivity contribution in [1.29, 1.82) is 5.26 Å². The van der Waals surface area contributed by atoms with Crippen LogP contribution in [-0.2, 0) is 0 Å². The molecule has 4 aromatic rings. The van der Waals surface area contributed by atoms with Crippen LogP contribution in [0.4, 0.5) is 0 Å². The van der Waals surface area contributed by atoms with Crippen LogP contribution < -0.4 is 0 Å². The number of nitrogens with zero attached hydrogens (tertiary/aromatic N) is 4. The molecular weight excluding hydrogens is 434 g/mol. The van der Waals surface area contributed by atoms with Crippen LogP contribution in [0.5, 0.6) is 0 Å². The average Bonchev–Trinajstić information content (AvgIpc) is 3.24. The molecule has 0 unspecified atom stereocenters. The van der Waals surface area contributed by atoms with Gasteiger partial charge >= 0.3 is 0 Å². The van der Waals surface area contributed by atoms with E-state index in [1.807, 2.05) is 24.3 Å². The van der Waals surface area contributed by atoms with Gasteiger partial charge in [0.2, 0.25) is 0 Å². The maximum atomic E-state index is 8.86. The second kappa shape index (κ2) is 7.82. The third kappa shape index (κ3) is 3.46. The Balaban J connectivity index is 1.85. The Morgan fingerprint density at radius 1 is 1.14 bits per heavy atom. The summed E-state index contributed by atoms with van der Waals surface area (Å²) in [6.07, 6.45) is 0.473. The molecule has 28 heavy (non-hydrogen) atoms. The number of benzene rings is 2. The number of H-pyrrole nitrogens is 1. The van der Waals surface area contributed by atoms with E-state index in [9.17, 15) is 0 Å². The zero-order valence-electron chi connectivity index (χ0n) is 15.5. The van der Waals surface area contributed by atoms with Crippen molar-refractivity contribution in [1.82, 2.24) is 19.7 Å². The second-order valence-corrected chi connectivity index (χ2v) is 8.49. The largest absolute Gasteiger partial charge is 0.358 e. The number of aromatic amines is 1. The summed E-state index contributed by atoms with van der Waals surface area (Å²) in [6, 6.07) is 16.6. The Morgan fingerprint density at radius 3 is 2.68 bits per heavy atom. The lowest BCUT2D eigenvalue weighted by Crippen LogP contribution is -2.00. The lowest BCUT2D eigenvalue weighted by molar-refractivity contribution is 0.885. The second-order valence-electron chi connectivity index (χ2n) is 6.51. The fourth-order valence-electron chi connectivity index (χ4n) is 3.16. The van der Waals surface area contributed by atoms with Crippen molar-refractivity contribution in [2.24, 2.45) is 0 Å². The van der Waals surface area contributed by atoms with Gasteiger partial charge in [0.15, 0.2) is 11.0 Å². The van der Waals surface area contributed by atoms with E-state index in [-0.39, 0.29) is 0 Å². The molecule has 1 N–H and O–H groups in total. The molecule has 0 atom stereocenters. The Kier molecular flexibility index (Phi) is 5.25. The molecule has 0 fully saturated rings. The number of nitrogens with one attached hydrogen (secondary N) is 1. The number of rotatable bonds is 5. The van der Waals surface area contributed by atoms with Crippen molar-refractivity contribution in [3.05, 3.63) is 58.2 Å². The van der Waals surface area contributed by atoms with Gasteiger partial charge in [-0.2, -0.15) is 5.26 Å². The Hall–Kier alpha value is -2.56. The summed E-state index contributed by atoms with van der Waals surface area (Å²) in [5.41, 5.74) is 5.54. The van der Waals surface area contributed by atoms with Crippen LogP contribution in [-0.4, -0.2) is 25.5 Å². The molecule has 4 rings (SSSR count). The van der Waals surface area contributed by atoms with Gasteiger partial charge in [0.25, 0.3) is 0 Å². The van der Waals surface area contributed by atoms with E-state index in [1.165, 1.54) is 16.6 Å². The molecule has 0 bridgehead atoms. The third-order valence-electron chi connectivity index (χ3n) is 4.73. The normalized spacial score (nSPS) is 11.1. The van der Waals surface area contributed by atoms with Gasteiger partial charge in [0.1, 0.15) is 0 Å². The highest BCUT2D eigenvalue weighted by Crippen LogP contribution is 2.31. The number of thioether (sulfide) groups is 1. The molecule has 2 heterocycles. The van der Waals surface area contributed by atoms with Crippen molar-refractivity contribution in [3.8, 4) is 23.1 Å². The van der Waals surface area contributed by atoms with Crippen LogP contribution in [0.3, 0.4) is 0 Å². The van der Waals surface area contributed by atoms with E-state index >= 15 is 0 Å². The van der Waals surface area contributed by atoms with Gasteiger partial charge in [-0.05, 0) is 61.9 Å². The predicted octanol–water partition coefficient (Wildman–Crippen LogP) is 5.80. The van der Waals surface area contributed by atoms with Crippen LogP contribution in [0.2, 0.25) is 0 Å². The van der Waals surface area contributed by atoms with Crippen LogP contribution in [0.25, 0.3) is 28.0 Å². The number of hydrogen-bond donors (Lipinski definition) is 1. The molecule has 140 valence electrons. The highest BCUT2D eigenvalue weighted by atomic mass is 79.9. The highest BCUT2D eigenvalue weighted by molar-refractivity contribution is 9.10. The SMILES string of the molecule is Cc1[nH]c2ccc(-c3nnc(SCCC#N)n3-c3ccc(Br)cc3)cc2c1C. The van der Waals surface area contributed by atoms with Crippen molar-refractivity contribution >= 4 is 38.6 Å². The number of aryl methyl sites for hydroxylation is 2. The molecule has 5 nitrogen and oxygen atoms in total. The van der Waals surface area contributed by atoms with Crippen LogP contribution >= 0.6 is 27.7 Å². The minimum atomic E-state index is 0.473. The smallest absolute Gasteiger partial charge is 0.196 e. The maximum absolute atomic E-state index is 8.86. The Bertz CT molecular complexity index is 1180. The van der Waals surface area contributed by atoms with Crippen molar-refractivity contribution in [3.63, 3.8) is 0 Å². The molecule has 0 aliphatic rings. The van der Waals surface area contributed by atoms with Crippen LogP contribution in [0.1, 0.15) is 17.7 Å². The molecule has 7 heteroatoms. The summed E-state index contributed by atoms with van der Waals surface area (Å²) in [7, 11) is 0. The highest BCUT2D eigenvalue weighted by Gasteiger charge is 2.17. The zero-order valence-corrected chi connectivity index (χ0v) is 17.9. The molecule has 0 aliphatic heterocycles. The van der Waals surface area contributed by atoms with Crippen LogP contribution in [0, 0.1) is 25.2 Å². The molecule has 2 aromatic heterocycles. The summed E-state index contributed by atoms with van der Waals surface area (Å²) in [4.78, 5) is 3.41. The average molecular weight is 452 g/mol. The van der Waals surface area contributed by atoms with E-state index in [0.717, 1.165) is 32.2 Å². The van der Waals surface area contributed by atoms with E-state index in [1.54, 1.807) is 11.8 Å². The van der Waals surface area contributed by atoms with Gasteiger partial charge < -0.3 is 4.98 Å². The lowest BCUT2D eigenvalue weighted by Gasteiger charge is -2.10. The first-order chi connectivity index (χ1) is 13.6. The molecule has 0 saturated carbocycles. The lowest BCUT2D eigenvalue weighted by atomic mass is 10.1. The molecular formula is C21H18BrN5S. The number of aromatic nitrogens is 4. The number of hydrogen-bond acceptors (Lipinski definition) is 4. The molecule has 0 radical (unpaired) electrons. The van der Waals surface area contributed by atoms with Gasteiger partial charge in [-0.15, -0.1) is 10.2 Å². The first-order valence-electron chi connectivity index (χ1n) is 8.89. The number of halogens is 1. The quantitative estimate of drug-likeness (QED) is 0.307. The number of fused-ring (bicyclic) bond motifs is 1. The monoisotopic (exact) mass is 451 g/mol. The molecule has 2 aromatic carbocycles. The Morgan fingerprint density at radius 2 is 1.93 bits per heavy atom. The molecule has 0 spiro atoms. The summed E-state index contributed by atoms with van der Waals surface area (Å²) in [5.74, 6) is 1.47. The van der Waals surface area contributed by atoms with Crippen molar-refractivity contribution < 1.29 is 0 Å². The molecule has 0 aliphatic carbocycles. The fourth-order valence-corrected chi connectivity index (χ4v) is 4.22. The summed E-state index contributed by atoms with van der Waals surface area (Å²) in [6.45, 7) is 4.21. The number of nitriles is 1. The van der Waals surface area contributed by atoms with Gasteiger partial charge in [-0.25, -0.2) is 0 Å². The van der Waals surface area contributed by atoms with E-state index in [0.29, 0.717) is 12.2 Å². The van der Waals surface area contributed by atoms with E-state index in [2.05, 4.69) is 73.8 Å². The molecule has 0 amide bonds. The van der Waals surface area contributed by atoms with Gasteiger partial charge in [-0.1, -0.05) is 27.7 Å². The predicted molar refractivity (Wildman–Crippen MR) is 117 cm³/mol. The first-order valence-corrected chi connectivity index (χ1v) is 10.7. The van der Waals surface area contributed by atoms with Crippen molar-refractivity contribution in [2.45, 2.75) is 25.4 Å². The van der Waals surface area contributed by atoms with E-state index in [4.69, 9.17) is 5.26 Å². The standard InChI is InChI=1S/C21H18BrN5S/c1-13-14(2)24-19-9-4-15(12-18(13)19)20-25-26-21(28-11-3-10-23)27(20)17-7-5-16(22)6-8-17/h4-9,12,24H,3,11H2,1-2H3. The van der Waals surface area contributed by atoms with Gasteiger partial charge in [0, 0.05) is 44.5 Å². The van der Waals surface area contributed by atoms with Crippen LogP contribution in [0.15, 0.2) is 52.1 Å². The maximum Gasteiger partial charge on any atom is 0.196 e. The fraction of sp³-hybridized carbons (Fsp3) is 0.190. The minimum Gasteiger partial charge on any atom is -0.358 e. The first kappa shape index (κ1) is 18.8.